The van der Waals surface area contributed by atoms with E-state index in [1.807, 2.05) is 13.8 Å². The summed E-state index contributed by atoms with van der Waals surface area (Å²) < 4.78 is 0. The molecule has 0 atom stereocenters. The minimum atomic E-state index is 1.03. The van der Waals surface area contributed by atoms with Crippen LogP contribution >= 0.6 is 0 Å². The highest BCUT2D eigenvalue weighted by Crippen LogP contribution is 2.25. The molecule has 0 spiro atoms. The lowest BCUT2D eigenvalue weighted by atomic mass is 9.98. The van der Waals surface area contributed by atoms with Gasteiger partial charge in [0.05, 0.1) is 0 Å². The molecule has 578 valence electrons. The second kappa shape index (κ2) is 53.0. The number of hydrogen-bond donors (Lipinski definition) is 0. The summed E-state index contributed by atoms with van der Waals surface area (Å²) in [5.41, 5.74) is 39.9. The summed E-state index contributed by atoms with van der Waals surface area (Å²) in [5, 5.41) is 0. The van der Waals surface area contributed by atoms with E-state index in [0.29, 0.717) is 0 Å². The van der Waals surface area contributed by atoms with Crippen LogP contribution in [-0.4, -0.2) is 0 Å². The standard InChI is InChI=1S/C16H18.C15H16.C14H14.8C8H10.C2H6/c1-11-5-7-15(9-13(11)3)16-8-6-12(2)14(4)10-16;1-12-3-7-14(8-4-12)11-15-9-5-13(2)6-10-15;1-11-3-7-13(8-4-11)14-9-5-12(2)6-10-14;7*1-7-3-5-8(2)6-4-7;1-7-4-3-5-8(2)6-7;1-2/h5-10H,1-4H3;3-10H,11H2,1-2H3;3-10H,1-2H3;8*3-6H,1-2H3;1-2H3. The Kier molecular flexibility index (Phi) is 45.0. The molecule has 0 aromatic heterocycles. The van der Waals surface area contributed by atoms with E-state index < -0.39 is 0 Å². The van der Waals surface area contributed by atoms with Gasteiger partial charge in [0.25, 0.3) is 0 Å². The van der Waals surface area contributed by atoms with Crippen molar-refractivity contribution in [3.63, 3.8) is 0 Å². The van der Waals surface area contributed by atoms with E-state index in [9.17, 15) is 0 Å². The first-order chi connectivity index (χ1) is 52.9. The van der Waals surface area contributed by atoms with Crippen molar-refractivity contribution in [1.82, 2.24) is 0 Å². The van der Waals surface area contributed by atoms with Crippen LogP contribution in [0, 0.1) is 166 Å². The molecule has 0 N–H and O–H groups in total. The lowest BCUT2D eigenvalue weighted by Crippen LogP contribution is -1.88. The molecule has 0 radical (unpaired) electrons. The molecule has 14 rings (SSSR count). The molecule has 0 aliphatic rings. The first-order valence-electron chi connectivity index (χ1n) is 39.5. The van der Waals surface area contributed by atoms with Gasteiger partial charge in [-0.3, -0.25) is 0 Å². The largest absolute Gasteiger partial charge is 0.0683 e. The smallest absolute Gasteiger partial charge is 0.00258 e. The zero-order valence-electron chi connectivity index (χ0n) is 72.9. The van der Waals surface area contributed by atoms with Crippen molar-refractivity contribution in [2.45, 2.75) is 186 Å². The van der Waals surface area contributed by atoms with Crippen LogP contribution in [0.5, 0.6) is 0 Å². The Morgan fingerprint density at radius 1 is 0.126 bits per heavy atom. The summed E-state index contributed by atoms with van der Waals surface area (Å²) in [5.74, 6) is 0. The molecule has 0 aliphatic heterocycles. The Morgan fingerprint density at radius 3 is 0.414 bits per heavy atom. The van der Waals surface area contributed by atoms with Crippen LogP contribution < -0.4 is 0 Å². The average molecular weight is 1470 g/mol. The van der Waals surface area contributed by atoms with Gasteiger partial charge in [0.2, 0.25) is 0 Å². The molecule has 0 saturated carbocycles. The molecule has 0 bridgehead atoms. The van der Waals surface area contributed by atoms with Crippen LogP contribution in [0.2, 0.25) is 0 Å². The molecule has 0 saturated heterocycles. The Balaban J connectivity index is 0.000000319. The SMILES string of the molecule is CC.Cc1ccc(-c2ccc(C)c(C)c2)cc1C.Cc1ccc(-c2ccc(C)cc2)cc1.Cc1ccc(C)cc1.Cc1ccc(C)cc1.Cc1ccc(C)cc1.Cc1ccc(C)cc1.Cc1ccc(C)cc1.Cc1ccc(C)cc1.Cc1ccc(C)cc1.Cc1ccc(Cc2ccc(C)cc2)cc1.Cc1cccc(C)c1. The number of aryl methyl sites for hydroxylation is 24. The van der Waals surface area contributed by atoms with Crippen molar-refractivity contribution >= 4 is 0 Å². The monoisotopic (exact) mass is 1470 g/mol. The van der Waals surface area contributed by atoms with Crippen LogP contribution in [0.25, 0.3) is 22.3 Å². The van der Waals surface area contributed by atoms with Crippen LogP contribution in [0.15, 0.2) is 328 Å². The minimum Gasteiger partial charge on any atom is -0.0683 e. The van der Waals surface area contributed by atoms with Crippen molar-refractivity contribution in [3.8, 4) is 22.3 Å². The first-order valence-corrected chi connectivity index (χ1v) is 39.5. The van der Waals surface area contributed by atoms with Crippen LogP contribution in [-0.2, 0) is 6.42 Å². The predicted octanol–water partition coefficient (Wildman–Crippen LogP) is 31.9. The summed E-state index contributed by atoms with van der Waals surface area (Å²) in [6, 6.07) is 116. The third-order valence-corrected chi connectivity index (χ3v) is 18.1. The maximum Gasteiger partial charge on any atom is -0.00258 e. The fourth-order valence-electron chi connectivity index (χ4n) is 10.2. The third-order valence-electron chi connectivity index (χ3n) is 18.1. The highest BCUT2D eigenvalue weighted by atomic mass is 14.1. The molecular weight excluding hydrogens is 1330 g/mol. The molecule has 14 aromatic rings. The molecule has 0 amide bonds. The summed E-state index contributed by atoms with van der Waals surface area (Å²) in [7, 11) is 0. The zero-order valence-corrected chi connectivity index (χ0v) is 72.9. The normalized spacial score (nSPS) is 9.57. The van der Waals surface area contributed by atoms with Crippen molar-refractivity contribution < 1.29 is 0 Å². The molecule has 0 nitrogen and oxygen atoms in total. The fraction of sp³-hybridized carbons (Fsp3) is 0.243. The minimum absolute atomic E-state index is 1.03. The number of rotatable bonds is 4. The predicted molar refractivity (Wildman–Crippen MR) is 496 cm³/mol. The van der Waals surface area contributed by atoms with Gasteiger partial charge in [-0.25, -0.2) is 0 Å². The number of hydrogen-bond acceptors (Lipinski definition) is 0. The van der Waals surface area contributed by atoms with Crippen LogP contribution in [0.1, 0.15) is 158 Å². The van der Waals surface area contributed by atoms with Gasteiger partial charge in [0, 0.05) is 0 Å². The average Bonchev–Trinajstić information content (AvgIpc) is 0.831. The van der Waals surface area contributed by atoms with Crippen LogP contribution in [0.3, 0.4) is 0 Å². The van der Waals surface area contributed by atoms with E-state index >= 15 is 0 Å². The molecule has 0 unspecified atom stereocenters. The topological polar surface area (TPSA) is 0 Å². The van der Waals surface area contributed by atoms with Crippen molar-refractivity contribution in [2.75, 3.05) is 0 Å². The second-order valence-corrected chi connectivity index (χ2v) is 29.7. The van der Waals surface area contributed by atoms with E-state index in [1.165, 1.54) is 167 Å². The molecule has 0 heteroatoms. The Bertz CT molecular complexity index is 4010. The van der Waals surface area contributed by atoms with E-state index in [2.05, 4.69) is 494 Å². The van der Waals surface area contributed by atoms with Gasteiger partial charge < -0.3 is 0 Å². The number of benzene rings is 14. The van der Waals surface area contributed by atoms with E-state index in [-0.39, 0.29) is 0 Å². The van der Waals surface area contributed by atoms with Crippen molar-refractivity contribution in [3.05, 3.63) is 472 Å². The Labute approximate surface area is 676 Å². The lowest BCUT2D eigenvalue weighted by molar-refractivity contribution is 1.18. The molecule has 0 heterocycles. The molecule has 0 aliphatic carbocycles. The molecule has 0 fully saturated rings. The quantitative estimate of drug-likeness (QED) is 0.165. The van der Waals surface area contributed by atoms with Gasteiger partial charge >= 0.3 is 0 Å². The third kappa shape index (κ3) is 43.2. The van der Waals surface area contributed by atoms with E-state index in [1.54, 1.807) is 0 Å². The van der Waals surface area contributed by atoms with Gasteiger partial charge in [-0.15, -0.1) is 0 Å². The molecule has 111 heavy (non-hydrogen) atoms. The first kappa shape index (κ1) is 94.3. The summed E-state index contributed by atoms with van der Waals surface area (Å²) in [4.78, 5) is 0. The summed E-state index contributed by atoms with van der Waals surface area (Å²) in [6.07, 6.45) is 1.03. The van der Waals surface area contributed by atoms with Crippen molar-refractivity contribution in [1.29, 1.82) is 0 Å². The molecular formula is C111H134. The Morgan fingerprint density at radius 2 is 0.270 bits per heavy atom. The van der Waals surface area contributed by atoms with Crippen LogP contribution in [0.4, 0.5) is 0 Å². The van der Waals surface area contributed by atoms with Gasteiger partial charge in [-0.05, 0) is 228 Å². The van der Waals surface area contributed by atoms with E-state index in [4.69, 9.17) is 0 Å². The highest BCUT2D eigenvalue weighted by Gasteiger charge is 2.03. The fourth-order valence-corrected chi connectivity index (χ4v) is 10.2. The van der Waals surface area contributed by atoms with Crippen molar-refractivity contribution in [2.24, 2.45) is 0 Å². The maximum absolute atomic E-state index is 2.26. The summed E-state index contributed by atoms with van der Waals surface area (Å²) in [6.45, 7) is 54.7. The maximum atomic E-state index is 2.26. The van der Waals surface area contributed by atoms with Gasteiger partial charge in [-0.2, -0.15) is 0 Å². The Hall–Kier alpha value is -10.9. The molecule has 14 aromatic carbocycles. The second-order valence-electron chi connectivity index (χ2n) is 29.7. The highest BCUT2D eigenvalue weighted by molar-refractivity contribution is 5.66. The zero-order chi connectivity index (χ0) is 82.2. The van der Waals surface area contributed by atoms with E-state index in [0.717, 1.165) is 6.42 Å². The summed E-state index contributed by atoms with van der Waals surface area (Å²) >= 11 is 0. The van der Waals surface area contributed by atoms with Gasteiger partial charge in [0.1, 0.15) is 0 Å². The van der Waals surface area contributed by atoms with Gasteiger partial charge in [-0.1, -0.05) is 453 Å². The van der Waals surface area contributed by atoms with Gasteiger partial charge in [0.15, 0.2) is 0 Å². The lowest BCUT2D eigenvalue weighted by Gasteiger charge is -2.08.